The van der Waals surface area contributed by atoms with Crippen LogP contribution in [0.5, 0.6) is 0 Å². The third-order valence-corrected chi connectivity index (χ3v) is 4.01. The average molecular weight is 374 g/mol. The third-order valence-electron chi connectivity index (χ3n) is 2.15. The quantitative estimate of drug-likeness (QED) is 0.843. The molecule has 0 radical (unpaired) electrons. The van der Waals surface area contributed by atoms with Crippen molar-refractivity contribution in [3.05, 3.63) is 28.9 Å². The van der Waals surface area contributed by atoms with Crippen LogP contribution < -0.4 is 5.32 Å². The summed E-state index contributed by atoms with van der Waals surface area (Å²) in [5, 5.41) is 3.64. The molecule has 2 heterocycles. The topological polar surface area (TPSA) is 64.1 Å². The number of aromatic nitrogens is 2. The second kappa shape index (κ2) is 6.07. The van der Waals surface area contributed by atoms with Crippen LogP contribution in [0.4, 0.5) is 14.2 Å². The van der Waals surface area contributed by atoms with Crippen LogP contribution in [0.3, 0.4) is 0 Å². The third kappa shape index (κ3) is 4.47. The number of thiazole rings is 1. The molecule has 0 aromatic carbocycles. The summed E-state index contributed by atoms with van der Waals surface area (Å²) in [5.41, 5.74) is -0.0470. The van der Waals surface area contributed by atoms with Crippen LogP contribution in [-0.4, -0.2) is 21.7 Å². The number of pyridine rings is 1. The highest BCUT2D eigenvalue weighted by Gasteiger charge is 2.19. The lowest BCUT2D eigenvalue weighted by molar-refractivity contribution is 0.0636. The van der Waals surface area contributed by atoms with Crippen molar-refractivity contribution in [3.8, 4) is 10.6 Å². The lowest BCUT2D eigenvalue weighted by Crippen LogP contribution is -2.27. The van der Waals surface area contributed by atoms with Crippen LogP contribution in [0.25, 0.3) is 10.6 Å². The number of anilines is 1. The molecule has 2 aromatic rings. The zero-order valence-electron chi connectivity index (χ0n) is 11.6. The van der Waals surface area contributed by atoms with Crippen molar-refractivity contribution in [1.29, 1.82) is 0 Å². The fourth-order valence-corrected chi connectivity index (χ4v) is 2.89. The van der Waals surface area contributed by atoms with Gasteiger partial charge in [0.05, 0.1) is 6.20 Å². The van der Waals surface area contributed by atoms with E-state index in [0.29, 0.717) is 20.2 Å². The van der Waals surface area contributed by atoms with E-state index < -0.39 is 17.5 Å². The molecular weight excluding hydrogens is 361 g/mol. The smallest absolute Gasteiger partial charge is 0.412 e. The Kier molecular flexibility index (Phi) is 4.58. The van der Waals surface area contributed by atoms with Crippen molar-refractivity contribution in [2.75, 3.05) is 5.32 Å². The Morgan fingerprint density at radius 3 is 2.76 bits per heavy atom. The van der Waals surface area contributed by atoms with Crippen molar-refractivity contribution >= 4 is 38.4 Å². The van der Waals surface area contributed by atoms with Gasteiger partial charge in [-0.1, -0.05) is 11.3 Å². The van der Waals surface area contributed by atoms with Crippen molar-refractivity contribution in [1.82, 2.24) is 9.97 Å². The summed E-state index contributed by atoms with van der Waals surface area (Å²) in [4.78, 5) is 19.7. The van der Waals surface area contributed by atoms with E-state index in [9.17, 15) is 9.18 Å². The number of carbonyl (C=O) groups excluding carboxylic acids is 1. The van der Waals surface area contributed by atoms with E-state index in [2.05, 4.69) is 31.2 Å². The largest absolute Gasteiger partial charge is 0.444 e. The molecule has 0 atom stereocenters. The van der Waals surface area contributed by atoms with Crippen LogP contribution >= 0.6 is 27.3 Å². The molecule has 0 saturated carbocycles. The molecule has 21 heavy (non-hydrogen) atoms. The molecule has 0 fully saturated rings. The van der Waals surface area contributed by atoms with Gasteiger partial charge in [0.2, 0.25) is 0 Å². The highest BCUT2D eigenvalue weighted by Crippen LogP contribution is 2.35. The van der Waals surface area contributed by atoms with Gasteiger partial charge in [0.25, 0.3) is 0 Å². The van der Waals surface area contributed by atoms with Crippen LogP contribution in [0.1, 0.15) is 20.8 Å². The van der Waals surface area contributed by atoms with E-state index in [-0.39, 0.29) is 0 Å². The summed E-state index contributed by atoms with van der Waals surface area (Å²) in [6, 6.07) is 1.33. The fourth-order valence-electron chi connectivity index (χ4n) is 1.43. The van der Waals surface area contributed by atoms with E-state index in [0.717, 1.165) is 6.20 Å². The number of nitrogens with one attached hydrogen (secondary N) is 1. The highest BCUT2D eigenvalue weighted by atomic mass is 79.9. The van der Waals surface area contributed by atoms with Crippen LogP contribution in [0.15, 0.2) is 23.1 Å². The van der Waals surface area contributed by atoms with Crippen molar-refractivity contribution in [2.45, 2.75) is 26.4 Å². The van der Waals surface area contributed by atoms with Gasteiger partial charge in [0, 0.05) is 11.8 Å². The van der Waals surface area contributed by atoms with E-state index in [1.165, 1.54) is 23.6 Å². The SMILES string of the molecule is CC(C)(C)OC(=O)Nc1sc(-c2cncc(F)c2)nc1Br. The summed E-state index contributed by atoms with van der Waals surface area (Å²) in [7, 11) is 0. The highest BCUT2D eigenvalue weighted by molar-refractivity contribution is 9.10. The summed E-state index contributed by atoms with van der Waals surface area (Å²) in [6.45, 7) is 5.33. The maximum atomic E-state index is 13.2. The molecule has 5 nitrogen and oxygen atoms in total. The van der Waals surface area contributed by atoms with Gasteiger partial charge in [0.1, 0.15) is 26.0 Å². The Morgan fingerprint density at radius 1 is 1.43 bits per heavy atom. The van der Waals surface area contributed by atoms with Crippen LogP contribution in [0, 0.1) is 5.82 Å². The minimum Gasteiger partial charge on any atom is -0.444 e. The van der Waals surface area contributed by atoms with Crippen molar-refractivity contribution in [3.63, 3.8) is 0 Å². The molecule has 0 spiro atoms. The molecule has 0 saturated heterocycles. The molecule has 0 bridgehead atoms. The van der Waals surface area contributed by atoms with E-state index in [1.807, 2.05) is 0 Å². The molecule has 1 amide bonds. The minimum atomic E-state index is -0.587. The molecule has 2 aromatic heterocycles. The van der Waals surface area contributed by atoms with Crippen molar-refractivity contribution in [2.24, 2.45) is 0 Å². The first-order chi connectivity index (χ1) is 9.74. The number of halogens is 2. The first-order valence-electron chi connectivity index (χ1n) is 6.02. The maximum Gasteiger partial charge on any atom is 0.412 e. The molecule has 0 unspecified atom stereocenters. The van der Waals surface area contributed by atoms with Crippen LogP contribution in [-0.2, 0) is 4.74 Å². The summed E-state index contributed by atoms with van der Waals surface area (Å²) >= 11 is 4.45. The van der Waals surface area contributed by atoms with Gasteiger partial charge in [-0.2, -0.15) is 0 Å². The Hall–Kier alpha value is -1.54. The predicted molar refractivity (Wildman–Crippen MR) is 82.9 cm³/mol. The van der Waals surface area contributed by atoms with Crippen molar-refractivity contribution < 1.29 is 13.9 Å². The lowest BCUT2D eigenvalue weighted by atomic mass is 10.2. The summed E-state index contributed by atoms with van der Waals surface area (Å²) in [6.07, 6.45) is 2.05. The molecule has 2 rings (SSSR count). The zero-order valence-corrected chi connectivity index (χ0v) is 14.0. The fraction of sp³-hybridized carbons (Fsp3) is 0.308. The maximum absolute atomic E-state index is 13.2. The van der Waals surface area contributed by atoms with Gasteiger partial charge in [-0.3, -0.25) is 10.3 Å². The van der Waals surface area contributed by atoms with Gasteiger partial charge in [-0.05, 0) is 42.8 Å². The Balaban J connectivity index is 2.18. The minimum absolute atomic E-state index is 0.444. The number of hydrogen-bond donors (Lipinski definition) is 1. The number of rotatable bonds is 2. The van der Waals surface area contributed by atoms with Gasteiger partial charge >= 0.3 is 6.09 Å². The molecule has 0 aliphatic heterocycles. The number of hydrogen-bond acceptors (Lipinski definition) is 5. The van der Waals surface area contributed by atoms with Gasteiger partial charge < -0.3 is 4.74 Å². The number of amides is 1. The van der Waals surface area contributed by atoms with Gasteiger partial charge in [-0.25, -0.2) is 14.2 Å². The molecule has 0 aliphatic carbocycles. The first-order valence-corrected chi connectivity index (χ1v) is 7.63. The molecule has 0 aliphatic rings. The van der Waals surface area contributed by atoms with E-state index in [1.54, 1.807) is 20.8 Å². The zero-order chi connectivity index (χ0) is 15.6. The Morgan fingerprint density at radius 2 is 2.14 bits per heavy atom. The first kappa shape index (κ1) is 15.8. The molecule has 1 N–H and O–H groups in total. The molecular formula is C13H13BrFN3O2S. The van der Waals surface area contributed by atoms with Crippen LogP contribution in [0.2, 0.25) is 0 Å². The second-order valence-corrected chi connectivity index (χ2v) is 6.91. The molecule has 112 valence electrons. The van der Waals surface area contributed by atoms with Gasteiger partial charge in [0.15, 0.2) is 0 Å². The summed E-state index contributed by atoms with van der Waals surface area (Å²) < 4.78 is 18.8. The number of carbonyl (C=O) groups is 1. The number of ether oxygens (including phenoxy) is 1. The second-order valence-electron chi connectivity index (χ2n) is 5.16. The Labute approximate surface area is 133 Å². The average Bonchev–Trinajstić information content (AvgIpc) is 2.68. The standard InChI is InChI=1S/C13H13BrFN3O2S/c1-13(2,3)20-12(19)18-11-9(14)17-10(21-11)7-4-8(15)6-16-5-7/h4-6H,1-3H3,(H,18,19). The lowest BCUT2D eigenvalue weighted by Gasteiger charge is -2.19. The molecule has 8 heteroatoms. The Bertz CT molecular complexity index is 670. The monoisotopic (exact) mass is 373 g/mol. The summed E-state index contributed by atoms with van der Waals surface area (Å²) in [5.74, 6) is -0.444. The van der Waals surface area contributed by atoms with E-state index in [4.69, 9.17) is 4.74 Å². The predicted octanol–water partition coefficient (Wildman–Crippen LogP) is 4.45. The number of nitrogens with zero attached hydrogens (tertiary/aromatic N) is 2. The van der Waals surface area contributed by atoms with E-state index >= 15 is 0 Å². The van der Waals surface area contributed by atoms with Gasteiger partial charge in [-0.15, -0.1) is 0 Å². The normalized spacial score (nSPS) is 11.3.